The largest absolute Gasteiger partial charge is 0.460 e. The quantitative estimate of drug-likeness (QED) is 0.203. The van der Waals surface area contributed by atoms with Gasteiger partial charge in [0.25, 0.3) is 0 Å². The van der Waals surface area contributed by atoms with Crippen LogP contribution in [0.3, 0.4) is 0 Å². The number of aliphatic hydroxyl groups excluding tert-OH is 1. The summed E-state index contributed by atoms with van der Waals surface area (Å²) in [5.41, 5.74) is -1.65. The first-order valence-corrected chi connectivity index (χ1v) is 10.5. The van der Waals surface area contributed by atoms with Gasteiger partial charge in [0.2, 0.25) is 0 Å². The highest BCUT2D eigenvalue weighted by molar-refractivity contribution is 7.75. The van der Waals surface area contributed by atoms with Gasteiger partial charge in [-0.05, 0) is 40.1 Å². The molecule has 7 heteroatoms. The number of Topliss-reactive ketones (excluding diaryl/α,β-unsaturated/α-hetero) is 1. The molecule has 0 amide bonds. The third-order valence-corrected chi connectivity index (χ3v) is 5.13. The number of esters is 1. The maximum atomic E-state index is 13.1. The topological polar surface area (TPSA) is 82.1 Å². The van der Waals surface area contributed by atoms with E-state index in [9.17, 15) is 14.7 Å². The van der Waals surface area contributed by atoms with Crippen LogP contribution in [0.1, 0.15) is 74.7 Å². The van der Waals surface area contributed by atoms with Crippen molar-refractivity contribution < 1.29 is 28.4 Å². The molecule has 0 aliphatic heterocycles. The van der Waals surface area contributed by atoms with Crippen molar-refractivity contribution in [2.45, 2.75) is 92.5 Å². The SMILES string of the molecule is CCCCOC[C@H](C)[C@H](O)[C@@H](C)C(=O)C(C)(C)[C@H](CC(=O)OC(C)(C)C)OS. The predicted octanol–water partition coefficient (Wildman–Crippen LogP) is 3.99. The maximum Gasteiger partial charge on any atom is 0.309 e. The van der Waals surface area contributed by atoms with Crippen LogP contribution >= 0.6 is 12.9 Å². The van der Waals surface area contributed by atoms with Gasteiger partial charge in [-0.3, -0.25) is 9.59 Å². The molecule has 0 radical (unpaired) electrons. The van der Waals surface area contributed by atoms with Crippen molar-refractivity contribution in [3.63, 3.8) is 0 Å². The van der Waals surface area contributed by atoms with Crippen molar-refractivity contribution in [2.24, 2.45) is 17.3 Å². The van der Waals surface area contributed by atoms with E-state index in [4.69, 9.17) is 13.7 Å². The molecule has 4 atom stereocenters. The molecule has 1 N–H and O–H groups in total. The van der Waals surface area contributed by atoms with Gasteiger partial charge < -0.3 is 18.8 Å². The first kappa shape index (κ1) is 27.4. The molecule has 0 fully saturated rings. The highest BCUT2D eigenvalue weighted by Crippen LogP contribution is 2.33. The predicted molar refractivity (Wildman–Crippen MR) is 113 cm³/mol. The van der Waals surface area contributed by atoms with E-state index in [1.807, 2.05) is 6.92 Å². The zero-order valence-electron chi connectivity index (χ0n) is 18.8. The van der Waals surface area contributed by atoms with E-state index >= 15 is 0 Å². The van der Waals surface area contributed by atoms with Crippen LogP contribution in [-0.2, 0) is 23.2 Å². The molecule has 0 bridgehead atoms. The normalized spacial score (nSPS) is 16.9. The second kappa shape index (κ2) is 12.2. The summed E-state index contributed by atoms with van der Waals surface area (Å²) in [5, 5.41) is 10.6. The molecule has 0 aliphatic rings. The summed E-state index contributed by atoms with van der Waals surface area (Å²) in [6, 6.07) is 0. The summed E-state index contributed by atoms with van der Waals surface area (Å²) in [7, 11) is 0. The summed E-state index contributed by atoms with van der Waals surface area (Å²) >= 11 is 3.87. The number of ketones is 1. The van der Waals surface area contributed by atoms with Crippen molar-refractivity contribution in [1.82, 2.24) is 0 Å². The number of aliphatic hydroxyl groups is 1. The first-order chi connectivity index (χ1) is 12.8. The number of ether oxygens (including phenoxy) is 2. The molecule has 0 heterocycles. The van der Waals surface area contributed by atoms with E-state index < -0.39 is 35.1 Å². The zero-order valence-corrected chi connectivity index (χ0v) is 19.7. The third-order valence-electron chi connectivity index (χ3n) is 4.87. The van der Waals surface area contributed by atoms with Gasteiger partial charge in [-0.25, -0.2) is 0 Å². The Morgan fingerprint density at radius 2 is 1.68 bits per heavy atom. The fraction of sp³-hybridized carbons (Fsp3) is 0.905. The average molecular weight is 421 g/mol. The van der Waals surface area contributed by atoms with Gasteiger partial charge in [-0.1, -0.05) is 41.0 Å². The molecule has 0 saturated carbocycles. The smallest absolute Gasteiger partial charge is 0.309 e. The lowest BCUT2D eigenvalue weighted by molar-refractivity contribution is -0.159. The molecule has 28 heavy (non-hydrogen) atoms. The second-order valence-corrected chi connectivity index (χ2v) is 9.37. The number of rotatable bonds is 13. The standard InChI is InChI=1S/C21H40O6S/c1-9-10-11-25-13-14(2)18(23)15(3)19(24)21(7,8)16(27-28)12-17(22)26-20(4,5)6/h14-16,18,23,28H,9-13H2,1-8H3/t14-,15+,16-,18-/m0/s1. The van der Waals surface area contributed by atoms with Crippen LogP contribution in [0.25, 0.3) is 0 Å². The van der Waals surface area contributed by atoms with Crippen LogP contribution < -0.4 is 0 Å². The number of carbonyl (C=O) groups excluding carboxylic acids is 2. The summed E-state index contributed by atoms with van der Waals surface area (Å²) in [6.45, 7) is 15.4. The summed E-state index contributed by atoms with van der Waals surface area (Å²) in [6.07, 6.45) is 0.288. The summed E-state index contributed by atoms with van der Waals surface area (Å²) in [4.78, 5) is 25.3. The minimum Gasteiger partial charge on any atom is -0.460 e. The van der Waals surface area contributed by atoms with Crippen molar-refractivity contribution in [2.75, 3.05) is 13.2 Å². The molecular weight excluding hydrogens is 380 g/mol. The number of thiol groups is 1. The minimum absolute atomic E-state index is 0.0992. The van der Waals surface area contributed by atoms with Gasteiger partial charge in [-0.2, -0.15) is 0 Å². The molecule has 166 valence electrons. The maximum absolute atomic E-state index is 13.1. The van der Waals surface area contributed by atoms with Gasteiger partial charge in [0.1, 0.15) is 11.4 Å². The van der Waals surface area contributed by atoms with E-state index in [1.165, 1.54) is 0 Å². The van der Waals surface area contributed by atoms with E-state index in [0.717, 1.165) is 12.8 Å². The third kappa shape index (κ3) is 9.25. The molecule has 0 saturated heterocycles. The Morgan fingerprint density at radius 3 is 2.14 bits per heavy atom. The van der Waals surface area contributed by atoms with Gasteiger partial charge in [-0.15, -0.1) is 0 Å². The van der Waals surface area contributed by atoms with Crippen molar-refractivity contribution in [3.8, 4) is 0 Å². The van der Waals surface area contributed by atoms with Crippen LogP contribution in [0, 0.1) is 17.3 Å². The Morgan fingerprint density at radius 1 is 1.11 bits per heavy atom. The molecule has 0 aromatic rings. The average Bonchev–Trinajstić information content (AvgIpc) is 2.59. The van der Waals surface area contributed by atoms with Crippen LogP contribution in [0.5, 0.6) is 0 Å². The van der Waals surface area contributed by atoms with Crippen LogP contribution in [0.2, 0.25) is 0 Å². The van der Waals surface area contributed by atoms with Crippen LogP contribution in [0.15, 0.2) is 0 Å². The van der Waals surface area contributed by atoms with Crippen molar-refractivity contribution >= 4 is 24.7 Å². The van der Waals surface area contributed by atoms with E-state index in [1.54, 1.807) is 41.5 Å². The Kier molecular flexibility index (Phi) is 11.9. The lowest BCUT2D eigenvalue weighted by Gasteiger charge is -2.35. The van der Waals surface area contributed by atoms with Crippen molar-refractivity contribution in [1.29, 1.82) is 0 Å². The first-order valence-electron chi connectivity index (χ1n) is 10.1. The van der Waals surface area contributed by atoms with Crippen LogP contribution in [-0.4, -0.2) is 47.9 Å². The van der Waals surface area contributed by atoms with E-state index in [2.05, 4.69) is 19.8 Å². The number of hydrogen-bond donors (Lipinski definition) is 2. The molecule has 0 spiro atoms. The van der Waals surface area contributed by atoms with Gasteiger partial charge in [0, 0.05) is 18.4 Å². The Bertz CT molecular complexity index is 486. The lowest BCUT2D eigenvalue weighted by Crippen LogP contribution is -2.46. The lowest BCUT2D eigenvalue weighted by atomic mass is 9.73. The Balaban J connectivity index is 5.00. The molecule has 0 aliphatic carbocycles. The number of carbonyl (C=O) groups is 2. The van der Waals surface area contributed by atoms with E-state index in [0.29, 0.717) is 13.2 Å². The second-order valence-electron chi connectivity index (χ2n) is 9.16. The minimum atomic E-state index is -1.03. The van der Waals surface area contributed by atoms with Crippen LogP contribution in [0.4, 0.5) is 0 Å². The Labute approximate surface area is 176 Å². The monoisotopic (exact) mass is 420 g/mol. The van der Waals surface area contributed by atoms with Gasteiger partial charge in [0.15, 0.2) is 0 Å². The highest BCUT2D eigenvalue weighted by Gasteiger charge is 2.43. The highest BCUT2D eigenvalue weighted by atomic mass is 32.1. The molecular formula is C21H40O6S. The summed E-state index contributed by atoms with van der Waals surface area (Å²) in [5.74, 6) is -1.47. The zero-order chi connectivity index (χ0) is 22.1. The summed E-state index contributed by atoms with van der Waals surface area (Å²) < 4.78 is 16.1. The fourth-order valence-electron chi connectivity index (χ4n) is 2.97. The molecule has 0 rings (SSSR count). The van der Waals surface area contributed by atoms with Gasteiger partial charge >= 0.3 is 5.97 Å². The Hall–Kier alpha value is -0.630. The fourth-order valence-corrected chi connectivity index (χ4v) is 3.30. The number of hydrogen-bond acceptors (Lipinski definition) is 7. The van der Waals surface area contributed by atoms with E-state index in [-0.39, 0.29) is 18.1 Å². The molecule has 0 aromatic heterocycles. The van der Waals surface area contributed by atoms with Crippen molar-refractivity contribution in [3.05, 3.63) is 0 Å². The molecule has 6 nitrogen and oxygen atoms in total. The number of unbranched alkanes of at least 4 members (excludes halogenated alkanes) is 1. The molecule has 0 unspecified atom stereocenters. The molecule has 0 aromatic carbocycles. The van der Waals surface area contributed by atoms with Gasteiger partial charge in [0.05, 0.1) is 30.7 Å².